The number of aromatic nitrogens is 3. The maximum Gasteiger partial charge on any atom is 0.245 e. The second kappa shape index (κ2) is 3.41. The SMILES string of the molecule is CCC1(N)CN(c2nnc(C)c(C)n2)C1. The molecular weight excluding hydrogens is 190 g/mol. The highest BCUT2D eigenvalue weighted by molar-refractivity contribution is 5.37. The summed E-state index contributed by atoms with van der Waals surface area (Å²) in [6.07, 6.45) is 0.988. The summed E-state index contributed by atoms with van der Waals surface area (Å²) in [5.74, 6) is 0.702. The van der Waals surface area contributed by atoms with Crippen molar-refractivity contribution in [1.82, 2.24) is 15.2 Å². The molecule has 0 aliphatic carbocycles. The largest absolute Gasteiger partial charge is 0.336 e. The van der Waals surface area contributed by atoms with Crippen LogP contribution in [0.2, 0.25) is 0 Å². The van der Waals surface area contributed by atoms with Gasteiger partial charge in [0.2, 0.25) is 5.95 Å². The van der Waals surface area contributed by atoms with Crippen LogP contribution in [0.25, 0.3) is 0 Å². The van der Waals surface area contributed by atoms with Crippen molar-refractivity contribution in [1.29, 1.82) is 0 Å². The van der Waals surface area contributed by atoms with E-state index in [4.69, 9.17) is 5.73 Å². The Kier molecular flexibility index (Phi) is 2.34. The quantitative estimate of drug-likeness (QED) is 0.761. The first-order valence-corrected chi connectivity index (χ1v) is 5.26. The van der Waals surface area contributed by atoms with Gasteiger partial charge in [0.15, 0.2) is 0 Å². The summed E-state index contributed by atoms with van der Waals surface area (Å²) in [5, 5.41) is 8.13. The first-order valence-electron chi connectivity index (χ1n) is 5.26. The lowest BCUT2D eigenvalue weighted by Crippen LogP contribution is -2.67. The molecule has 0 radical (unpaired) electrons. The zero-order valence-electron chi connectivity index (χ0n) is 9.49. The van der Waals surface area contributed by atoms with E-state index in [-0.39, 0.29) is 5.54 Å². The van der Waals surface area contributed by atoms with Gasteiger partial charge in [-0.1, -0.05) is 6.92 Å². The summed E-state index contributed by atoms with van der Waals surface area (Å²) in [7, 11) is 0. The van der Waals surface area contributed by atoms with Crippen LogP contribution in [0.15, 0.2) is 0 Å². The topological polar surface area (TPSA) is 67.9 Å². The van der Waals surface area contributed by atoms with Crippen LogP contribution in [0.4, 0.5) is 5.95 Å². The van der Waals surface area contributed by atoms with Gasteiger partial charge in [0, 0.05) is 13.1 Å². The maximum absolute atomic E-state index is 6.08. The zero-order chi connectivity index (χ0) is 11.1. The second-order valence-corrected chi connectivity index (χ2v) is 4.35. The van der Waals surface area contributed by atoms with E-state index < -0.39 is 0 Å². The predicted molar refractivity (Wildman–Crippen MR) is 58.7 cm³/mol. The first kappa shape index (κ1) is 10.3. The van der Waals surface area contributed by atoms with E-state index in [1.807, 2.05) is 13.8 Å². The van der Waals surface area contributed by atoms with Crippen LogP contribution in [0, 0.1) is 13.8 Å². The fourth-order valence-electron chi connectivity index (χ4n) is 1.66. The molecule has 15 heavy (non-hydrogen) atoms. The molecule has 1 aromatic rings. The molecule has 82 valence electrons. The van der Waals surface area contributed by atoms with Crippen molar-refractivity contribution < 1.29 is 0 Å². The number of hydrogen-bond donors (Lipinski definition) is 1. The van der Waals surface area contributed by atoms with Crippen molar-refractivity contribution in [3.05, 3.63) is 11.4 Å². The van der Waals surface area contributed by atoms with E-state index in [9.17, 15) is 0 Å². The van der Waals surface area contributed by atoms with E-state index in [1.54, 1.807) is 0 Å². The number of anilines is 1. The van der Waals surface area contributed by atoms with Crippen molar-refractivity contribution in [3.8, 4) is 0 Å². The highest BCUT2D eigenvalue weighted by atomic mass is 15.4. The van der Waals surface area contributed by atoms with Gasteiger partial charge in [-0.25, -0.2) is 4.98 Å². The average molecular weight is 207 g/mol. The normalized spacial score (nSPS) is 18.8. The van der Waals surface area contributed by atoms with Gasteiger partial charge in [0.25, 0.3) is 0 Å². The number of hydrogen-bond acceptors (Lipinski definition) is 5. The minimum atomic E-state index is -0.0534. The zero-order valence-corrected chi connectivity index (χ0v) is 9.49. The van der Waals surface area contributed by atoms with Gasteiger partial charge in [-0.05, 0) is 20.3 Å². The third-order valence-electron chi connectivity index (χ3n) is 3.08. The molecule has 2 rings (SSSR count). The number of nitrogens with two attached hydrogens (primary N) is 1. The Morgan fingerprint density at radius 2 is 1.93 bits per heavy atom. The first-order chi connectivity index (χ1) is 7.04. The molecule has 1 aliphatic heterocycles. The molecule has 5 nitrogen and oxygen atoms in total. The summed E-state index contributed by atoms with van der Waals surface area (Å²) in [5.41, 5.74) is 7.85. The fraction of sp³-hybridized carbons (Fsp3) is 0.700. The molecule has 0 atom stereocenters. The van der Waals surface area contributed by atoms with Gasteiger partial charge in [-0.15, -0.1) is 5.10 Å². The van der Waals surface area contributed by atoms with Gasteiger partial charge in [0.05, 0.1) is 16.9 Å². The van der Waals surface area contributed by atoms with Crippen LogP contribution in [-0.4, -0.2) is 33.8 Å². The van der Waals surface area contributed by atoms with Crippen molar-refractivity contribution >= 4 is 5.95 Å². The molecule has 1 aliphatic rings. The van der Waals surface area contributed by atoms with E-state index in [1.165, 1.54) is 0 Å². The molecule has 0 unspecified atom stereocenters. The Balaban J connectivity index is 2.10. The molecule has 2 N–H and O–H groups in total. The number of aryl methyl sites for hydroxylation is 2. The molecule has 0 aromatic carbocycles. The smallest absolute Gasteiger partial charge is 0.245 e. The summed E-state index contributed by atoms with van der Waals surface area (Å²) in [6.45, 7) is 7.62. The number of rotatable bonds is 2. The lowest BCUT2D eigenvalue weighted by Gasteiger charge is -2.47. The minimum Gasteiger partial charge on any atom is -0.336 e. The molecule has 0 bridgehead atoms. The van der Waals surface area contributed by atoms with Crippen LogP contribution < -0.4 is 10.6 Å². The summed E-state index contributed by atoms with van der Waals surface area (Å²) < 4.78 is 0. The van der Waals surface area contributed by atoms with E-state index in [0.29, 0.717) is 5.95 Å². The van der Waals surface area contributed by atoms with Crippen LogP contribution in [-0.2, 0) is 0 Å². The van der Waals surface area contributed by atoms with Crippen molar-refractivity contribution in [2.75, 3.05) is 18.0 Å². The van der Waals surface area contributed by atoms with Gasteiger partial charge in [-0.3, -0.25) is 0 Å². The maximum atomic E-state index is 6.08. The molecule has 1 fully saturated rings. The van der Waals surface area contributed by atoms with Crippen LogP contribution in [0.3, 0.4) is 0 Å². The summed E-state index contributed by atoms with van der Waals surface area (Å²) in [6, 6.07) is 0. The van der Waals surface area contributed by atoms with E-state index >= 15 is 0 Å². The van der Waals surface area contributed by atoms with Gasteiger partial charge < -0.3 is 10.6 Å². The summed E-state index contributed by atoms with van der Waals surface area (Å²) >= 11 is 0. The Labute approximate surface area is 89.7 Å². The lowest BCUT2D eigenvalue weighted by atomic mass is 9.89. The van der Waals surface area contributed by atoms with Crippen LogP contribution in [0.1, 0.15) is 24.7 Å². The molecule has 5 heteroatoms. The molecule has 0 amide bonds. The Bertz CT molecular complexity index is 370. The average Bonchev–Trinajstić information content (AvgIpc) is 2.18. The third-order valence-corrected chi connectivity index (χ3v) is 3.08. The predicted octanol–water partition coefficient (Wildman–Crippen LogP) is 0.416. The molecule has 0 saturated carbocycles. The Morgan fingerprint density at radius 1 is 1.27 bits per heavy atom. The van der Waals surface area contributed by atoms with Crippen molar-refractivity contribution in [3.63, 3.8) is 0 Å². The van der Waals surface area contributed by atoms with E-state index in [0.717, 1.165) is 30.9 Å². The van der Waals surface area contributed by atoms with Crippen molar-refractivity contribution in [2.45, 2.75) is 32.7 Å². The van der Waals surface area contributed by atoms with E-state index in [2.05, 4.69) is 27.0 Å². The van der Waals surface area contributed by atoms with Gasteiger partial charge >= 0.3 is 0 Å². The highest BCUT2D eigenvalue weighted by Crippen LogP contribution is 2.25. The lowest BCUT2D eigenvalue weighted by molar-refractivity contribution is 0.317. The monoisotopic (exact) mass is 207 g/mol. The summed E-state index contributed by atoms with van der Waals surface area (Å²) in [4.78, 5) is 6.46. The van der Waals surface area contributed by atoms with Crippen molar-refractivity contribution in [2.24, 2.45) is 5.73 Å². The van der Waals surface area contributed by atoms with Gasteiger partial charge in [0.1, 0.15) is 0 Å². The number of nitrogens with zero attached hydrogens (tertiary/aromatic N) is 4. The Morgan fingerprint density at radius 3 is 2.47 bits per heavy atom. The highest BCUT2D eigenvalue weighted by Gasteiger charge is 2.39. The standard InChI is InChI=1S/C10H17N5/c1-4-10(11)5-15(6-10)9-12-7(2)8(3)13-14-9/h4-6,11H2,1-3H3. The molecular formula is C10H17N5. The molecule has 0 spiro atoms. The van der Waals surface area contributed by atoms with Crippen LogP contribution in [0.5, 0.6) is 0 Å². The minimum absolute atomic E-state index is 0.0534. The fourth-order valence-corrected chi connectivity index (χ4v) is 1.66. The second-order valence-electron chi connectivity index (χ2n) is 4.35. The van der Waals surface area contributed by atoms with Crippen LogP contribution >= 0.6 is 0 Å². The molecule has 1 saturated heterocycles. The molecule has 2 heterocycles. The third kappa shape index (κ3) is 1.79. The molecule has 1 aromatic heterocycles. The Hall–Kier alpha value is -1.23. The van der Waals surface area contributed by atoms with Gasteiger partial charge in [-0.2, -0.15) is 5.10 Å².